The van der Waals surface area contributed by atoms with Crippen LogP contribution in [0.3, 0.4) is 0 Å². The predicted molar refractivity (Wildman–Crippen MR) is 92.5 cm³/mol. The minimum atomic E-state index is -0.401. The first-order chi connectivity index (χ1) is 12.1. The molecule has 9 heteroatoms. The lowest BCUT2D eigenvalue weighted by atomic mass is 10.3. The Kier molecular flexibility index (Phi) is 3.69. The summed E-state index contributed by atoms with van der Waals surface area (Å²) in [6.45, 7) is 1.84. The van der Waals surface area contributed by atoms with E-state index in [2.05, 4.69) is 20.6 Å². The number of anilines is 1. The van der Waals surface area contributed by atoms with Crippen LogP contribution in [-0.2, 0) is 0 Å². The number of hydrogen-bond donors (Lipinski definition) is 1. The second-order valence-corrected chi connectivity index (χ2v) is 6.25. The van der Waals surface area contributed by atoms with E-state index in [9.17, 15) is 4.79 Å². The van der Waals surface area contributed by atoms with E-state index in [0.29, 0.717) is 10.9 Å². The Morgan fingerprint density at radius 2 is 2.20 bits per heavy atom. The molecular formula is C16H13N5O3S. The molecule has 4 rings (SSSR count). The van der Waals surface area contributed by atoms with Gasteiger partial charge in [-0.1, -0.05) is 16.5 Å². The quantitative estimate of drug-likeness (QED) is 0.604. The van der Waals surface area contributed by atoms with Gasteiger partial charge >= 0.3 is 0 Å². The number of nitrogens with one attached hydrogen (secondary N) is 1. The number of carbonyl (C=O) groups excluding carboxylic acids is 1. The molecule has 0 fully saturated rings. The van der Waals surface area contributed by atoms with E-state index in [1.807, 2.05) is 25.1 Å². The third kappa shape index (κ3) is 2.85. The molecule has 0 bridgehead atoms. The summed E-state index contributed by atoms with van der Waals surface area (Å²) in [4.78, 5) is 16.8. The molecule has 25 heavy (non-hydrogen) atoms. The van der Waals surface area contributed by atoms with Crippen molar-refractivity contribution in [2.24, 2.45) is 0 Å². The lowest BCUT2D eigenvalue weighted by Crippen LogP contribution is -2.14. The minimum Gasteiger partial charge on any atom is -0.497 e. The molecule has 4 aromatic rings. The van der Waals surface area contributed by atoms with Crippen LogP contribution >= 0.6 is 11.3 Å². The number of nitrogens with zero attached hydrogens (tertiary/aromatic N) is 4. The van der Waals surface area contributed by atoms with Crippen molar-refractivity contribution in [1.29, 1.82) is 0 Å². The molecule has 0 saturated carbocycles. The summed E-state index contributed by atoms with van der Waals surface area (Å²) in [5.41, 5.74) is 1.59. The van der Waals surface area contributed by atoms with Crippen LogP contribution in [0.4, 0.5) is 5.82 Å². The van der Waals surface area contributed by atoms with Crippen LogP contribution < -0.4 is 10.1 Å². The average Bonchev–Trinajstić information content (AvgIpc) is 3.33. The van der Waals surface area contributed by atoms with Crippen molar-refractivity contribution in [2.75, 3.05) is 12.4 Å². The number of methoxy groups -OCH3 is 1. The number of ether oxygens (including phenoxy) is 1. The summed E-state index contributed by atoms with van der Waals surface area (Å²) in [6, 6.07) is 8.91. The van der Waals surface area contributed by atoms with E-state index in [-0.39, 0.29) is 5.76 Å². The monoisotopic (exact) mass is 355 g/mol. The van der Waals surface area contributed by atoms with Crippen molar-refractivity contribution in [3.63, 3.8) is 0 Å². The molecule has 0 aliphatic carbocycles. The van der Waals surface area contributed by atoms with Gasteiger partial charge < -0.3 is 14.6 Å². The van der Waals surface area contributed by atoms with Crippen molar-refractivity contribution < 1.29 is 14.1 Å². The largest absolute Gasteiger partial charge is 0.497 e. The zero-order valence-electron chi connectivity index (χ0n) is 13.4. The maximum Gasteiger partial charge on any atom is 0.295 e. The average molecular weight is 355 g/mol. The Morgan fingerprint density at radius 1 is 1.32 bits per heavy atom. The van der Waals surface area contributed by atoms with Gasteiger partial charge in [0.1, 0.15) is 11.6 Å². The van der Waals surface area contributed by atoms with Gasteiger partial charge in [-0.2, -0.15) is 9.78 Å². The Balaban J connectivity index is 1.72. The van der Waals surface area contributed by atoms with Gasteiger partial charge in [0.25, 0.3) is 5.91 Å². The summed E-state index contributed by atoms with van der Waals surface area (Å²) >= 11 is 1.45. The second kappa shape index (κ2) is 6.02. The van der Waals surface area contributed by atoms with Gasteiger partial charge in [0, 0.05) is 12.1 Å². The van der Waals surface area contributed by atoms with Crippen molar-refractivity contribution in [3.05, 3.63) is 48.0 Å². The van der Waals surface area contributed by atoms with Gasteiger partial charge in [-0.05, 0) is 25.1 Å². The van der Waals surface area contributed by atoms with E-state index < -0.39 is 5.91 Å². The van der Waals surface area contributed by atoms with Crippen molar-refractivity contribution in [1.82, 2.24) is 19.9 Å². The molecule has 3 heterocycles. The highest BCUT2D eigenvalue weighted by atomic mass is 32.1. The summed E-state index contributed by atoms with van der Waals surface area (Å²) in [6.07, 6.45) is 1.42. The lowest BCUT2D eigenvalue weighted by molar-refractivity contribution is 0.0987. The molecule has 1 aromatic carbocycles. The first-order valence-electron chi connectivity index (χ1n) is 7.38. The van der Waals surface area contributed by atoms with Crippen molar-refractivity contribution in [2.45, 2.75) is 6.92 Å². The molecule has 0 radical (unpaired) electrons. The molecule has 1 amide bonds. The van der Waals surface area contributed by atoms with E-state index >= 15 is 0 Å². The van der Waals surface area contributed by atoms with Crippen LogP contribution in [0.25, 0.3) is 15.3 Å². The fourth-order valence-corrected chi connectivity index (χ4v) is 3.32. The molecule has 8 nitrogen and oxygen atoms in total. The molecule has 0 spiro atoms. The van der Waals surface area contributed by atoms with Gasteiger partial charge in [0.05, 0.1) is 29.2 Å². The van der Waals surface area contributed by atoms with Crippen LogP contribution in [0.5, 0.6) is 5.75 Å². The molecule has 1 N–H and O–H groups in total. The molecule has 126 valence electrons. The Bertz CT molecular complexity index is 1050. The number of benzene rings is 1. The summed E-state index contributed by atoms with van der Waals surface area (Å²) in [7, 11) is 1.62. The van der Waals surface area contributed by atoms with E-state index in [1.165, 1.54) is 23.6 Å². The Hall–Kier alpha value is -3.20. The van der Waals surface area contributed by atoms with Gasteiger partial charge in [0.2, 0.25) is 10.9 Å². The summed E-state index contributed by atoms with van der Waals surface area (Å²) < 4.78 is 12.7. The number of aromatic nitrogens is 4. The van der Waals surface area contributed by atoms with Gasteiger partial charge in [-0.25, -0.2) is 4.98 Å². The smallest absolute Gasteiger partial charge is 0.295 e. The fraction of sp³-hybridized carbons (Fsp3) is 0.125. The van der Waals surface area contributed by atoms with E-state index in [1.54, 1.807) is 17.9 Å². The molecule has 0 aliphatic rings. The highest BCUT2D eigenvalue weighted by Crippen LogP contribution is 2.30. The molecule has 0 saturated heterocycles. The standard InChI is InChI=1S/C16H13N5O3S/c1-9-7-14(19-15(22)12-5-6-17-24-12)21(20-9)16-18-11-4-3-10(23-2)8-13(11)25-16/h3-8H,1-2H3,(H,19,22). The van der Waals surface area contributed by atoms with Gasteiger partial charge in [-0.3, -0.25) is 4.79 Å². The van der Waals surface area contributed by atoms with Crippen LogP contribution in [0.15, 0.2) is 41.1 Å². The highest BCUT2D eigenvalue weighted by Gasteiger charge is 2.17. The van der Waals surface area contributed by atoms with Crippen LogP contribution in [0.1, 0.15) is 16.2 Å². The second-order valence-electron chi connectivity index (χ2n) is 5.24. The highest BCUT2D eigenvalue weighted by molar-refractivity contribution is 7.20. The van der Waals surface area contributed by atoms with Crippen molar-refractivity contribution in [3.8, 4) is 10.9 Å². The number of amides is 1. The minimum absolute atomic E-state index is 0.124. The summed E-state index contributed by atoms with van der Waals surface area (Å²) in [5, 5.41) is 11.4. The van der Waals surface area contributed by atoms with Gasteiger partial charge in [0.15, 0.2) is 0 Å². The SMILES string of the molecule is COc1ccc2nc(-n3nc(C)cc3NC(=O)c3ccno3)sc2c1. The zero-order chi connectivity index (χ0) is 17.4. The molecule has 0 atom stereocenters. The first kappa shape index (κ1) is 15.3. The zero-order valence-corrected chi connectivity index (χ0v) is 14.2. The predicted octanol–water partition coefficient (Wildman–Crippen LogP) is 3.04. The third-order valence-electron chi connectivity index (χ3n) is 3.50. The molecule has 0 aliphatic heterocycles. The fourth-order valence-electron chi connectivity index (χ4n) is 2.36. The molecule has 3 aromatic heterocycles. The van der Waals surface area contributed by atoms with E-state index in [4.69, 9.17) is 9.26 Å². The maximum absolute atomic E-state index is 12.2. The number of aryl methyl sites for hydroxylation is 1. The Labute approximate surface area is 146 Å². The number of rotatable bonds is 4. The Morgan fingerprint density at radius 3 is 2.96 bits per heavy atom. The van der Waals surface area contributed by atoms with Gasteiger partial charge in [-0.15, -0.1) is 0 Å². The van der Waals surface area contributed by atoms with Crippen LogP contribution in [0, 0.1) is 6.92 Å². The van der Waals surface area contributed by atoms with E-state index in [0.717, 1.165) is 21.7 Å². The topological polar surface area (TPSA) is 95.1 Å². The first-order valence-corrected chi connectivity index (χ1v) is 8.19. The van der Waals surface area contributed by atoms with Crippen LogP contribution in [0.2, 0.25) is 0 Å². The summed E-state index contributed by atoms with van der Waals surface area (Å²) in [5.74, 6) is 0.990. The number of hydrogen-bond acceptors (Lipinski definition) is 7. The van der Waals surface area contributed by atoms with Crippen molar-refractivity contribution >= 4 is 33.3 Å². The molecular weight excluding hydrogens is 342 g/mol. The third-order valence-corrected chi connectivity index (χ3v) is 4.49. The maximum atomic E-state index is 12.2. The van der Waals surface area contributed by atoms with Crippen LogP contribution in [-0.4, -0.2) is 32.9 Å². The lowest BCUT2D eigenvalue weighted by Gasteiger charge is -2.04. The molecule has 0 unspecified atom stereocenters. The number of fused-ring (bicyclic) bond motifs is 1. The normalized spacial score (nSPS) is 11.0. The number of carbonyl (C=O) groups is 1. The number of thiazole rings is 1.